The molecule has 1 atom stereocenters. The molecule has 0 N–H and O–H groups in total. The van der Waals surface area contributed by atoms with Gasteiger partial charge in [-0.2, -0.15) is 0 Å². The van der Waals surface area contributed by atoms with Crippen LogP contribution < -0.4 is 0 Å². The molecule has 0 saturated heterocycles. The Balaban J connectivity index is 2.84. The first-order valence-electron chi connectivity index (χ1n) is 9.31. The van der Waals surface area contributed by atoms with Crippen LogP contribution in [0.4, 0.5) is 0 Å². The van der Waals surface area contributed by atoms with Gasteiger partial charge >= 0.3 is 5.97 Å². The van der Waals surface area contributed by atoms with Crippen LogP contribution in [0, 0.1) is 0 Å². The lowest BCUT2D eigenvalue weighted by Gasteiger charge is -2.27. The quantitative estimate of drug-likeness (QED) is 0.407. The molecule has 1 unspecified atom stereocenters. The largest absolute Gasteiger partial charge is 0.465 e. The molecule has 0 heterocycles. The highest BCUT2D eigenvalue weighted by Crippen LogP contribution is 2.27. The minimum Gasteiger partial charge on any atom is -0.465 e. The molecule has 0 fully saturated rings. The maximum absolute atomic E-state index is 13.0. The molecule has 0 radical (unpaired) electrons. The van der Waals surface area contributed by atoms with Gasteiger partial charge in [-0.15, -0.1) is 0 Å². The molecule has 1 aromatic carbocycles. The van der Waals surface area contributed by atoms with E-state index in [0.717, 1.165) is 31.2 Å². The third-order valence-electron chi connectivity index (χ3n) is 4.54. The predicted octanol–water partition coefficient (Wildman–Crippen LogP) is 4.33. The van der Waals surface area contributed by atoms with Gasteiger partial charge < -0.3 is 4.74 Å². The molecule has 142 valence electrons. The molecule has 0 aliphatic rings. The Morgan fingerprint density at radius 3 is 2.20 bits per heavy atom. The number of carbonyl (C=O) groups is 1. The van der Waals surface area contributed by atoms with E-state index in [1.807, 2.05) is 30.3 Å². The molecule has 0 spiro atoms. The fraction of sp³-hybridized carbons (Fsp3) is 0.650. The van der Waals surface area contributed by atoms with Crippen molar-refractivity contribution < 1.29 is 17.9 Å². The van der Waals surface area contributed by atoms with Crippen LogP contribution in [0.5, 0.6) is 0 Å². The minimum atomic E-state index is -3.61. The fourth-order valence-corrected chi connectivity index (χ4v) is 4.61. The number of hydrogen-bond donors (Lipinski definition) is 0. The maximum atomic E-state index is 13.0. The van der Waals surface area contributed by atoms with E-state index in [0.29, 0.717) is 6.42 Å². The smallest absolute Gasteiger partial charge is 0.327 e. The number of benzene rings is 1. The predicted molar refractivity (Wildman–Crippen MR) is 102 cm³/mol. The van der Waals surface area contributed by atoms with E-state index in [9.17, 15) is 13.2 Å². The summed E-state index contributed by atoms with van der Waals surface area (Å²) in [6, 6.07) is 9.26. The summed E-state index contributed by atoms with van der Waals surface area (Å²) < 4.78 is 29.5. The van der Waals surface area contributed by atoms with Crippen molar-refractivity contribution >= 4 is 15.8 Å². The van der Waals surface area contributed by atoms with Crippen LogP contribution in [-0.4, -0.2) is 31.5 Å². The van der Waals surface area contributed by atoms with Crippen molar-refractivity contribution in [3.63, 3.8) is 0 Å². The van der Waals surface area contributed by atoms with Crippen LogP contribution in [0.25, 0.3) is 0 Å². The Hall–Kier alpha value is -1.36. The van der Waals surface area contributed by atoms with Gasteiger partial charge in [-0.05, 0) is 25.8 Å². The van der Waals surface area contributed by atoms with Gasteiger partial charge in [-0.1, -0.05) is 69.4 Å². The maximum Gasteiger partial charge on any atom is 0.327 e. The Morgan fingerprint density at radius 2 is 1.60 bits per heavy atom. The van der Waals surface area contributed by atoms with Crippen molar-refractivity contribution in [3.8, 4) is 0 Å². The van der Waals surface area contributed by atoms with Crippen LogP contribution in [0.1, 0.15) is 64.9 Å². The number of unbranched alkanes of at least 4 members (excludes halogenated alkanes) is 5. The third kappa shape index (κ3) is 6.46. The van der Waals surface area contributed by atoms with Crippen LogP contribution in [-0.2, 0) is 25.8 Å². The van der Waals surface area contributed by atoms with E-state index in [4.69, 9.17) is 4.74 Å². The van der Waals surface area contributed by atoms with Crippen LogP contribution in [0.2, 0.25) is 0 Å². The van der Waals surface area contributed by atoms with E-state index in [1.54, 1.807) is 6.92 Å². The van der Waals surface area contributed by atoms with Gasteiger partial charge in [-0.3, -0.25) is 4.79 Å². The molecule has 0 saturated carbocycles. The summed E-state index contributed by atoms with van der Waals surface area (Å²) in [4.78, 5) is 12.5. The van der Waals surface area contributed by atoms with Gasteiger partial charge in [0.15, 0.2) is 14.6 Å². The zero-order valence-corrected chi connectivity index (χ0v) is 16.6. The highest BCUT2D eigenvalue weighted by atomic mass is 32.2. The number of sulfone groups is 1. The number of hydrogen-bond acceptors (Lipinski definition) is 4. The lowest BCUT2D eigenvalue weighted by molar-refractivity contribution is -0.145. The van der Waals surface area contributed by atoms with Gasteiger partial charge in [0, 0.05) is 6.42 Å². The van der Waals surface area contributed by atoms with E-state index in [-0.39, 0.29) is 18.8 Å². The summed E-state index contributed by atoms with van der Waals surface area (Å²) >= 11 is 0. The van der Waals surface area contributed by atoms with Gasteiger partial charge in [0.25, 0.3) is 0 Å². The van der Waals surface area contributed by atoms with Crippen LogP contribution in [0.15, 0.2) is 30.3 Å². The lowest BCUT2D eigenvalue weighted by atomic mass is 10.0. The van der Waals surface area contributed by atoms with Gasteiger partial charge in [-0.25, -0.2) is 8.42 Å². The molecular weight excluding hydrogens is 336 g/mol. The Labute approximate surface area is 152 Å². The van der Waals surface area contributed by atoms with Crippen molar-refractivity contribution in [1.29, 1.82) is 0 Å². The topological polar surface area (TPSA) is 60.4 Å². The summed E-state index contributed by atoms with van der Waals surface area (Å²) in [5.74, 6) is -0.619. The molecule has 0 aromatic heterocycles. The Bertz CT molecular complexity index is 610. The third-order valence-corrected chi connectivity index (χ3v) is 7.05. The lowest BCUT2D eigenvalue weighted by Crippen LogP contribution is -2.48. The average molecular weight is 369 g/mol. The van der Waals surface area contributed by atoms with Crippen LogP contribution in [0.3, 0.4) is 0 Å². The van der Waals surface area contributed by atoms with Crippen molar-refractivity contribution in [1.82, 2.24) is 0 Å². The number of carbonyl (C=O) groups excluding carboxylic acids is 1. The van der Waals surface area contributed by atoms with Gasteiger partial charge in [0.2, 0.25) is 0 Å². The normalized spacial score (nSPS) is 14.0. The number of rotatable bonds is 12. The molecule has 0 bridgehead atoms. The number of ether oxygens (including phenoxy) is 1. The fourth-order valence-electron chi connectivity index (χ4n) is 2.88. The second-order valence-corrected chi connectivity index (χ2v) is 9.24. The Morgan fingerprint density at radius 1 is 1.00 bits per heavy atom. The first-order chi connectivity index (χ1) is 11.9. The first kappa shape index (κ1) is 21.7. The molecule has 1 rings (SSSR count). The Kier molecular flexibility index (Phi) is 9.19. The van der Waals surface area contributed by atoms with Crippen LogP contribution >= 0.6 is 0 Å². The second kappa shape index (κ2) is 10.6. The average Bonchev–Trinajstić information content (AvgIpc) is 2.58. The number of esters is 1. The highest BCUT2D eigenvalue weighted by molar-refractivity contribution is 7.93. The highest BCUT2D eigenvalue weighted by Gasteiger charge is 2.47. The summed E-state index contributed by atoms with van der Waals surface area (Å²) in [7, 11) is -3.61. The van der Waals surface area contributed by atoms with E-state index in [2.05, 4.69) is 6.92 Å². The van der Waals surface area contributed by atoms with Crippen molar-refractivity contribution in [2.24, 2.45) is 0 Å². The molecule has 0 aliphatic carbocycles. The van der Waals surface area contributed by atoms with E-state index >= 15 is 0 Å². The molecule has 5 heteroatoms. The minimum absolute atomic E-state index is 0.0290. The standard InChI is InChI=1S/C20H32O4S/c1-4-6-7-8-9-13-16-25(22,23)20(3,19(21)24-5-2)17-18-14-11-10-12-15-18/h10-12,14-15H,4-9,13,16-17H2,1-3H3. The van der Waals surface area contributed by atoms with Crippen molar-refractivity contribution in [2.45, 2.75) is 70.5 Å². The van der Waals surface area contributed by atoms with Gasteiger partial charge in [0.1, 0.15) is 0 Å². The van der Waals surface area contributed by atoms with E-state index < -0.39 is 20.6 Å². The molecule has 4 nitrogen and oxygen atoms in total. The molecule has 0 amide bonds. The molecule has 1 aromatic rings. The monoisotopic (exact) mass is 368 g/mol. The van der Waals surface area contributed by atoms with Crippen molar-refractivity contribution in [2.75, 3.05) is 12.4 Å². The molecular formula is C20H32O4S. The zero-order chi connectivity index (χ0) is 18.8. The molecule has 0 aliphatic heterocycles. The zero-order valence-electron chi connectivity index (χ0n) is 15.8. The summed E-state index contributed by atoms with van der Waals surface area (Å²) in [5.41, 5.74) is 0.824. The van der Waals surface area contributed by atoms with Crippen molar-refractivity contribution in [3.05, 3.63) is 35.9 Å². The van der Waals surface area contributed by atoms with E-state index in [1.165, 1.54) is 13.3 Å². The summed E-state index contributed by atoms with van der Waals surface area (Å²) in [6.45, 7) is 5.53. The SMILES string of the molecule is CCCCCCCCS(=O)(=O)C(C)(Cc1ccccc1)C(=O)OCC. The first-order valence-corrected chi connectivity index (χ1v) is 11.0. The van der Waals surface area contributed by atoms with Gasteiger partial charge in [0.05, 0.1) is 12.4 Å². The summed E-state index contributed by atoms with van der Waals surface area (Å²) in [5, 5.41) is 0. The second-order valence-electron chi connectivity index (χ2n) is 6.70. The molecule has 25 heavy (non-hydrogen) atoms. The summed E-state index contributed by atoms with van der Waals surface area (Å²) in [6.07, 6.45) is 6.13.